The van der Waals surface area contributed by atoms with Crippen LogP contribution < -0.4 is 5.32 Å². The Balaban J connectivity index is 1.93. The molecule has 1 aromatic carbocycles. The van der Waals surface area contributed by atoms with Gasteiger partial charge >= 0.3 is 0 Å². The molecule has 1 fully saturated rings. The van der Waals surface area contributed by atoms with Crippen molar-refractivity contribution >= 4 is 15.9 Å². The van der Waals surface area contributed by atoms with E-state index in [0.717, 1.165) is 17.5 Å². The molecule has 1 aliphatic rings. The molecule has 1 saturated heterocycles. The van der Waals surface area contributed by atoms with Crippen LogP contribution in [0.25, 0.3) is 0 Å². The van der Waals surface area contributed by atoms with Crippen LogP contribution in [0.1, 0.15) is 44.2 Å². The summed E-state index contributed by atoms with van der Waals surface area (Å²) in [4.78, 5) is 12.2. The van der Waals surface area contributed by atoms with Gasteiger partial charge in [0.15, 0.2) is 0 Å². The molecule has 0 aromatic heterocycles. The van der Waals surface area contributed by atoms with Crippen molar-refractivity contribution in [1.82, 2.24) is 9.62 Å². The molecule has 134 valence electrons. The number of carbonyl (C=O) groups is 1. The molecule has 1 aromatic rings. The summed E-state index contributed by atoms with van der Waals surface area (Å²) in [6, 6.07) is 7.73. The van der Waals surface area contributed by atoms with Gasteiger partial charge in [0.05, 0.1) is 5.75 Å². The Kier molecular flexibility index (Phi) is 6.40. The number of hydrogen-bond acceptors (Lipinski definition) is 3. The SMILES string of the molecule is CC[C@H](C)NC(=O)C1CCN(S(=O)(=O)Cc2ccccc2C)CC1. The molecule has 1 amide bonds. The van der Waals surface area contributed by atoms with Crippen molar-refractivity contribution < 1.29 is 13.2 Å². The predicted octanol–water partition coefficient (Wildman–Crippen LogP) is 2.45. The first-order valence-electron chi connectivity index (χ1n) is 8.66. The maximum absolute atomic E-state index is 12.6. The largest absolute Gasteiger partial charge is 0.353 e. The molecule has 1 aliphatic heterocycles. The van der Waals surface area contributed by atoms with Gasteiger partial charge in [-0.1, -0.05) is 31.2 Å². The minimum absolute atomic E-state index is 0.0312. The summed E-state index contributed by atoms with van der Waals surface area (Å²) in [7, 11) is -3.33. The number of sulfonamides is 1. The number of benzene rings is 1. The fraction of sp³-hybridized carbons (Fsp3) is 0.611. The zero-order valence-corrected chi connectivity index (χ0v) is 15.6. The van der Waals surface area contributed by atoms with Gasteiger partial charge in [0.25, 0.3) is 0 Å². The summed E-state index contributed by atoms with van der Waals surface area (Å²) in [5, 5.41) is 2.99. The molecule has 1 atom stereocenters. The van der Waals surface area contributed by atoms with Crippen LogP contribution in [0, 0.1) is 12.8 Å². The fourth-order valence-electron chi connectivity index (χ4n) is 2.92. The van der Waals surface area contributed by atoms with Gasteiger partial charge in [-0.15, -0.1) is 0 Å². The van der Waals surface area contributed by atoms with Crippen LogP contribution in [0.15, 0.2) is 24.3 Å². The van der Waals surface area contributed by atoms with Crippen molar-refractivity contribution in [3.05, 3.63) is 35.4 Å². The molecule has 0 aliphatic carbocycles. The second-order valence-electron chi connectivity index (χ2n) is 6.67. The van der Waals surface area contributed by atoms with Gasteiger partial charge in [-0.3, -0.25) is 4.79 Å². The topological polar surface area (TPSA) is 66.5 Å². The van der Waals surface area contributed by atoms with Crippen LogP contribution in [0.2, 0.25) is 0 Å². The molecule has 1 heterocycles. The molecule has 0 radical (unpaired) electrons. The zero-order valence-electron chi connectivity index (χ0n) is 14.8. The first kappa shape index (κ1) is 18.9. The number of amides is 1. The molecule has 0 unspecified atom stereocenters. The van der Waals surface area contributed by atoms with E-state index in [1.165, 1.54) is 4.31 Å². The Hall–Kier alpha value is -1.40. The predicted molar refractivity (Wildman–Crippen MR) is 96.0 cm³/mol. The van der Waals surface area contributed by atoms with E-state index in [9.17, 15) is 13.2 Å². The van der Waals surface area contributed by atoms with Crippen LogP contribution in [0.5, 0.6) is 0 Å². The quantitative estimate of drug-likeness (QED) is 0.855. The number of carbonyl (C=O) groups excluding carboxylic acids is 1. The summed E-state index contributed by atoms with van der Waals surface area (Å²) in [6.45, 7) is 6.79. The smallest absolute Gasteiger partial charge is 0.223 e. The maximum Gasteiger partial charge on any atom is 0.223 e. The van der Waals surface area contributed by atoms with Gasteiger partial charge in [-0.25, -0.2) is 12.7 Å². The first-order chi connectivity index (χ1) is 11.3. The molecule has 6 heteroatoms. The second-order valence-corrected chi connectivity index (χ2v) is 8.64. The van der Waals surface area contributed by atoms with Crippen LogP contribution in [-0.2, 0) is 20.6 Å². The van der Waals surface area contributed by atoms with E-state index in [-0.39, 0.29) is 23.6 Å². The van der Waals surface area contributed by atoms with Gasteiger partial charge in [-0.05, 0) is 44.2 Å². The highest BCUT2D eigenvalue weighted by molar-refractivity contribution is 7.88. The lowest BCUT2D eigenvalue weighted by Crippen LogP contribution is -2.45. The standard InChI is InChI=1S/C18H28N2O3S/c1-4-15(3)19-18(21)16-9-11-20(12-10-16)24(22,23)13-17-8-6-5-7-14(17)2/h5-8,15-16H,4,9-13H2,1-3H3,(H,19,21)/t15-/m0/s1. The monoisotopic (exact) mass is 352 g/mol. The van der Waals surface area contributed by atoms with Gasteiger partial charge in [0.2, 0.25) is 15.9 Å². The van der Waals surface area contributed by atoms with Gasteiger partial charge in [0, 0.05) is 25.0 Å². The summed E-state index contributed by atoms with van der Waals surface area (Å²) in [5.41, 5.74) is 1.83. The van der Waals surface area contributed by atoms with Crippen molar-refractivity contribution in [2.24, 2.45) is 5.92 Å². The average Bonchev–Trinajstić information content (AvgIpc) is 2.56. The molecular weight excluding hydrogens is 324 g/mol. The Bertz CT molecular complexity index is 665. The normalized spacial score (nSPS) is 18.3. The van der Waals surface area contributed by atoms with E-state index in [0.29, 0.717) is 25.9 Å². The van der Waals surface area contributed by atoms with E-state index in [1.54, 1.807) is 0 Å². The highest BCUT2D eigenvalue weighted by Gasteiger charge is 2.31. The minimum atomic E-state index is -3.33. The summed E-state index contributed by atoms with van der Waals surface area (Å²) in [5.74, 6) is 0.00728. The van der Waals surface area contributed by atoms with E-state index in [1.807, 2.05) is 45.0 Å². The van der Waals surface area contributed by atoms with Crippen molar-refractivity contribution in [2.75, 3.05) is 13.1 Å². The lowest BCUT2D eigenvalue weighted by Gasteiger charge is -2.31. The van der Waals surface area contributed by atoms with E-state index in [4.69, 9.17) is 0 Å². The van der Waals surface area contributed by atoms with Crippen molar-refractivity contribution in [3.8, 4) is 0 Å². The maximum atomic E-state index is 12.6. The van der Waals surface area contributed by atoms with E-state index < -0.39 is 10.0 Å². The molecule has 24 heavy (non-hydrogen) atoms. The van der Waals surface area contributed by atoms with E-state index >= 15 is 0 Å². The number of aryl methyl sites for hydroxylation is 1. The highest BCUT2D eigenvalue weighted by Crippen LogP contribution is 2.22. The van der Waals surface area contributed by atoms with E-state index in [2.05, 4.69) is 5.32 Å². The summed E-state index contributed by atoms with van der Waals surface area (Å²) >= 11 is 0. The molecule has 0 bridgehead atoms. The molecule has 0 saturated carbocycles. The van der Waals surface area contributed by atoms with Crippen molar-refractivity contribution in [1.29, 1.82) is 0 Å². The van der Waals surface area contributed by atoms with Gasteiger partial charge in [-0.2, -0.15) is 0 Å². The number of hydrogen-bond donors (Lipinski definition) is 1. The molecular formula is C18H28N2O3S. The first-order valence-corrected chi connectivity index (χ1v) is 10.3. The van der Waals surface area contributed by atoms with Gasteiger partial charge in [0.1, 0.15) is 0 Å². The number of piperidine rings is 1. The van der Waals surface area contributed by atoms with Crippen LogP contribution in [0.3, 0.4) is 0 Å². The number of nitrogens with one attached hydrogen (secondary N) is 1. The summed E-state index contributed by atoms with van der Waals surface area (Å²) < 4.78 is 26.8. The number of nitrogens with zero attached hydrogens (tertiary/aromatic N) is 1. The minimum Gasteiger partial charge on any atom is -0.353 e. The fourth-order valence-corrected chi connectivity index (χ4v) is 4.59. The summed E-state index contributed by atoms with van der Waals surface area (Å²) in [6.07, 6.45) is 2.08. The molecule has 0 spiro atoms. The third-order valence-electron chi connectivity index (χ3n) is 4.82. The van der Waals surface area contributed by atoms with Crippen LogP contribution in [0.4, 0.5) is 0 Å². The highest BCUT2D eigenvalue weighted by atomic mass is 32.2. The lowest BCUT2D eigenvalue weighted by molar-refractivity contribution is -0.126. The zero-order chi connectivity index (χ0) is 17.7. The average molecular weight is 353 g/mol. The third-order valence-corrected chi connectivity index (χ3v) is 6.65. The Morgan fingerprint density at radius 1 is 1.29 bits per heavy atom. The Morgan fingerprint density at radius 3 is 2.50 bits per heavy atom. The number of rotatable bonds is 6. The van der Waals surface area contributed by atoms with Crippen molar-refractivity contribution in [2.45, 2.75) is 51.8 Å². The van der Waals surface area contributed by atoms with Crippen molar-refractivity contribution in [3.63, 3.8) is 0 Å². The lowest BCUT2D eigenvalue weighted by atomic mass is 9.97. The molecule has 2 rings (SSSR count). The van der Waals surface area contributed by atoms with Crippen LogP contribution in [-0.4, -0.2) is 37.8 Å². The van der Waals surface area contributed by atoms with Crippen LogP contribution >= 0.6 is 0 Å². The third kappa shape index (κ3) is 4.80. The second kappa shape index (κ2) is 8.12. The Morgan fingerprint density at radius 2 is 1.92 bits per heavy atom. The molecule has 1 N–H and O–H groups in total. The Labute approximate surface area is 145 Å². The molecule has 5 nitrogen and oxygen atoms in total. The van der Waals surface area contributed by atoms with Gasteiger partial charge < -0.3 is 5.32 Å².